The van der Waals surface area contributed by atoms with E-state index >= 15 is 0 Å². The molecule has 1 fully saturated rings. The number of morpholine rings is 1. The molecular formula is C19H22FNO3S. The summed E-state index contributed by atoms with van der Waals surface area (Å²) in [5.41, 5.74) is 3.32. The van der Waals surface area contributed by atoms with Gasteiger partial charge in [-0.2, -0.15) is 4.31 Å². The molecular weight excluding hydrogens is 341 g/mol. The Morgan fingerprint density at radius 2 is 1.68 bits per heavy atom. The van der Waals surface area contributed by atoms with E-state index in [2.05, 4.69) is 0 Å². The summed E-state index contributed by atoms with van der Waals surface area (Å²) >= 11 is 0. The molecule has 4 nitrogen and oxygen atoms in total. The van der Waals surface area contributed by atoms with E-state index in [9.17, 15) is 12.8 Å². The highest BCUT2D eigenvalue weighted by atomic mass is 32.2. The molecule has 2 aromatic carbocycles. The van der Waals surface area contributed by atoms with Gasteiger partial charge in [-0.15, -0.1) is 0 Å². The number of aryl methyl sites for hydroxylation is 3. The highest BCUT2D eigenvalue weighted by molar-refractivity contribution is 7.89. The molecule has 1 aliphatic heterocycles. The molecule has 2 aromatic rings. The lowest BCUT2D eigenvalue weighted by atomic mass is 10.1. The Morgan fingerprint density at radius 1 is 1.08 bits per heavy atom. The van der Waals surface area contributed by atoms with Crippen LogP contribution >= 0.6 is 0 Å². The zero-order chi connectivity index (χ0) is 18.2. The number of sulfonamides is 1. The van der Waals surface area contributed by atoms with Crippen LogP contribution in [0.1, 0.15) is 28.4 Å². The van der Waals surface area contributed by atoms with Crippen molar-refractivity contribution in [2.75, 3.05) is 19.7 Å². The van der Waals surface area contributed by atoms with Crippen LogP contribution in [0.15, 0.2) is 41.3 Å². The van der Waals surface area contributed by atoms with E-state index in [4.69, 9.17) is 4.74 Å². The van der Waals surface area contributed by atoms with Crippen LogP contribution in [0.3, 0.4) is 0 Å². The summed E-state index contributed by atoms with van der Waals surface area (Å²) in [4.78, 5) is 0.373. The number of halogens is 1. The van der Waals surface area contributed by atoms with Gasteiger partial charge in [0.15, 0.2) is 0 Å². The van der Waals surface area contributed by atoms with Crippen molar-refractivity contribution in [3.8, 4) is 0 Å². The Bertz CT molecular complexity index is 855. The SMILES string of the molecule is Cc1cc(C)c(S(=O)(=O)N2CCO[C@H](c3ccc(F)cc3)C2)c(C)c1. The van der Waals surface area contributed by atoms with Gasteiger partial charge in [0.05, 0.1) is 17.6 Å². The molecule has 0 aromatic heterocycles. The number of rotatable bonds is 3. The van der Waals surface area contributed by atoms with Gasteiger partial charge in [-0.05, 0) is 49.6 Å². The number of hydrogen-bond acceptors (Lipinski definition) is 3. The number of ether oxygens (including phenoxy) is 1. The largest absolute Gasteiger partial charge is 0.371 e. The Kier molecular flexibility index (Phi) is 4.95. The first-order valence-corrected chi connectivity index (χ1v) is 9.68. The van der Waals surface area contributed by atoms with Crippen LogP contribution < -0.4 is 0 Å². The lowest BCUT2D eigenvalue weighted by Gasteiger charge is -2.33. The van der Waals surface area contributed by atoms with Crippen molar-refractivity contribution in [2.45, 2.75) is 31.8 Å². The van der Waals surface area contributed by atoms with E-state index < -0.39 is 16.1 Å². The molecule has 0 spiro atoms. The molecule has 0 unspecified atom stereocenters. The normalized spacial score (nSPS) is 19.1. The first-order valence-electron chi connectivity index (χ1n) is 8.24. The van der Waals surface area contributed by atoms with Gasteiger partial charge in [-0.25, -0.2) is 12.8 Å². The second-order valence-electron chi connectivity index (χ2n) is 6.50. The van der Waals surface area contributed by atoms with Crippen LogP contribution in [0.5, 0.6) is 0 Å². The van der Waals surface area contributed by atoms with E-state index in [-0.39, 0.29) is 12.4 Å². The molecule has 1 atom stereocenters. The second-order valence-corrected chi connectivity index (χ2v) is 8.38. The molecule has 1 heterocycles. The monoisotopic (exact) mass is 363 g/mol. The Hall–Kier alpha value is -1.76. The van der Waals surface area contributed by atoms with Crippen molar-refractivity contribution in [3.63, 3.8) is 0 Å². The fourth-order valence-corrected chi connectivity index (χ4v) is 5.26. The van der Waals surface area contributed by atoms with Gasteiger partial charge in [0.25, 0.3) is 0 Å². The molecule has 3 rings (SSSR count). The van der Waals surface area contributed by atoms with Crippen molar-refractivity contribution in [1.82, 2.24) is 4.31 Å². The highest BCUT2D eigenvalue weighted by Gasteiger charge is 2.33. The van der Waals surface area contributed by atoms with Crippen LogP contribution in [0.25, 0.3) is 0 Å². The Balaban J connectivity index is 1.91. The number of benzene rings is 2. The zero-order valence-electron chi connectivity index (χ0n) is 14.6. The van der Waals surface area contributed by atoms with Crippen LogP contribution in [-0.2, 0) is 14.8 Å². The summed E-state index contributed by atoms with van der Waals surface area (Å²) in [6, 6.07) is 9.77. The minimum absolute atomic E-state index is 0.223. The maximum absolute atomic E-state index is 13.2. The maximum Gasteiger partial charge on any atom is 0.243 e. The third-order valence-corrected chi connectivity index (χ3v) is 6.64. The summed E-state index contributed by atoms with van der Waals surface area (Å²) in [5, 5.41) is 0. The highest BCUT2D eigenvalue weighted by Crippen LogP contribution is 2.30. The van der Waals surface area contributed by atoms with Gasteiger partial charge in [-0.3, -0.25) is 0 Å². The molecule has 25 heavy (non-hydrogen) atoms. The standard InChI is InChI=1S/C19H22FNO3S/c1-13-10-14(2)19(15(3)11-13)25(22,23)21-8-9-24-18(12-21)16-4-6-17(20)7-5-16/h4-7,10-11,18H,8-9,12H2,1-3H3/t18-/m0/s1. The first-order chi connectivity index (χ1) is 11.8. The quantitative estimate of drug-likeness (QED) is 0.838. The van der Waals surface area contributed by atoms with Gasteiger partial charge < -0.3 is 4.74 Å². The lowest BCUT2D eigenvalue weighted by Crippen LogP contribution is -2.42. The molecule has 0 saturated carbocycles. The van der Waals surface area contributed by atoms with Crippen molar-refractivity contribution >= 4 is 10.0 Å². The van der Waals surface area contributed by atoms with E-state index in [0.29, 0.717) is 18.0 Å². The van der Waals surface area contributed by atoms with Crippen LogP contribution in [0.2, 0.25) is 0 Å². The zero-order valence-corrected chi connectivity index (χ0v) is 15.4. The Morgan fingerprint density at radius 3 is 2.28 bits per heavy atom. The summed E-state index contributed by atoms with van der Waals surface area (Å²) in [6.07, 6.45) is -0.393. The van der Waals surface area contributed by atoms with E-state index in [1.807, 2.05) is 32.9 Å². The molecule has 1 saturated heterocycles. The van der Waals surface area contributed by atoms with Gasteiger partial charge in [0.1, 0.15) is 5.82 Å². The second kappa shape index (κ2) is 6.86. The van der Waals surface area contributed by atoms with E-state index in [1.54, 1.807) is 12.1 Å². The van der Waals surface area contributed by atoms with Crippen LogP contribution in [-0.4, -0.2) is 32.4 Å². The molecule has 0 amide bonds. The van der Waals surface area contributed by atoms with E-state index in [1.165, 1.54) is 16.4 Å². The molecule has 0 aliphatic carbocycles. The third kappa shape index (κ3) is 3.61. The predicted octanol–water partition coefficient (Wildman–Crippen LogP) is 3.51. The smallest absolute Gasteiger partial charge is 0.243 e. The minimum atomic E-state index is -3.61. The summed E-state index contributed by atoms with van der Waals surface area (Å²) in [7, 11) is -3.61. The molecule has 0 bridgehead atoms. The summed E-state index contributed by atoms with van der Waals surface area (Å²) in [6.45, 7) is 6.45. The molecule has 6 heteroatoms. The fraction of sp³-hybridized carbons (Fsp3) is 0.368. The fourth-order valence-electron chi connectivity index (χ4n) is 3.43. The molecule has 0 radical (unpaired) electrons. The molecule has 0 N–H and O–H groups in total. The third-order valence-electron chi connectivity index (χ3n) is 4.47. The predicted molar refractivity (Wildman–Crippen MR) is 94.5 cm³/mol. The van der Waals surface area contributed by atoms with Gasteiger partial charge in [-0.1, -0.05) is 29.8 Å². The average molecular weight is 363 g/mol. The van der Waals surface area contributed by atoms with Gasteiger partial charge >= 0.3 is 0 Å². The minimum Gasteiger partial charge on any atom is -0.371 e. The number of nitrogens with zero attached hydrogens (tertiary/aromatic N) is 1. The maximum atomic E-state index is 13.2. The summed E-state index contributed by atoms with van der Waals surface area (Å²) < 4.78 is 46.7. The van der Waals surface area contributed by atoms with E-state index in [0.717, 1.165) is 22.3 Å². The van der Waals surface area contributed by atoms with Gasteiger partial charge in [0.2, 0.25) is 10.0 Å². The van der Waals surface area contributed by atoms with Crippen molar-refractivity contribution in [1.29, 1.82) is 0 Å². The summed E-state index contributed by atoms with van der Waals surface area (Å²) in [5.74, 6) is -0.324. The number of hydrogen-bond donors (Lipinski definition) is 0. The topological polar surface area (TPSA) is 46.6 Å². The lowest BCUT2D eigenvalue weighted by molar-refractivity contribution is -0.00260. The van der Waals surface area contributed by atoms with Crippen LogP contribution in [0.4, 0.5) is 4.39 Å². The van der Waals surface area contributed by atoms with Crippen LogP contribution in [0, 0.1) is 26.6 Å². The first kappa shape index (κ1) is 18.0. The van der Waals surface area contributed by atoms with Crippen molar-refractivity contribution < 1.29 is 17.5 Å². The Labute approximate surface area is 148 Å². The van der Waals surface area contributed by atoms with Crippen molar-refractivity contribution in [3.05, 3.63) is 64.5 Å². The molecule has 1 aliphatic rings. The van der Waals surface area contributed by atoms with Crippen molar-refractivity contribution in [2.24, 2.45) is 0 Å². The van der Waals surface area contributed by atoms with Gasteiger partial charge in [0, 0.05) is 13.1 Å². The average Bonchev–Trinajstić information content (AvgIpc) is 2.54. The molecule has 134 valence electrons.